The Labute approximate surface area is 104 Å². The molecule has 0 radical (unpaired) electrons. The summed E-state index contributed by atoms with van der Waals surface area (Å²) in [5, 5.41) is 0. The molecule has 0 amide bonds. The normalized spacial score (nSPS) is 15.5. The van der Waals surface area contributed by atoms with Crippen LogP contribution in [0.3, 0.4) is 0 Å². The first-order valence-corrected chi connectivity index (χ1v) is 6.69. The molecule has 1 fully saturated rings. The first-order valence-electron chi connectivity index (χ1n) is 6.69. The predicted molar refractivity (Wildman–Crippen MR) is 70.4 cm³/mol. The molecule has 17 heavy (non-hydrogen) atoms. The Morgan fingerprint density at radius 3 is 2.76 bits per heavy atom. The lowest BCUT2D eigenvalue weighted by molar-refractivity contribution is 0.252. The fraction of sp³-hybridized carbons (Fsp3) is 0.643. The number of rotatable bonds is 7. The highest BCUT2D eigenvalue weighted by Crippen LogP contribution is 2.30. The number of aromatic nitrogens is 1. The van der Waals surface area contributed by atoms with Crippen molar-refractivity contribution in [2.75, 3.05) is 13.1 Å². The zero-order valence-electron chi connectivity index (χ0n) is 10.7. The summed E-state index contributed by atoms with van der Waals surface area (Å²) in [5.41, 5.74) is 7.77. The van der Waals surface area contributed by atoms with E-state index >= 15 is 0 Å². The summed E-state index contributed by atoms with van der Waals surface area (Å²) in [7, 11) is 0. The van der Waals surface area contributed by atoms with Crippen molar-refractivity contribution in [2.45, 2.75) is 39.3 Å². The Hall–Kier alpha value is -0.930. The van der Waals surface area contributed by atoms with Gasteiger partial charge in [0.05, 0.1) is 11.4 Å². The Morgan fingerprint density at radius 2 is 2.12 bits per heavy atom. The lowest BCUT2D eigenvalue weighted by atomic mass is 10.2. The largest absolute Gasteiger partial charge is 0.325 e. The van der Waals surface area contributed by atoms with E-state index in [1.54, 1.807) is 0 Å². The Morgan fingerprint density at radius 1 is 1.35 bits per heavy atom. The van der Waals surface area contributed by atoms with Crippen LogP contribution in [0, 0.1) is 5.92 Å². The maximum atomic E-state index is 5.62. The van der Waals surface area contributed by atoms with Gasteiger partial charge in [-0.1, -0.05) is 13.0 Å². The van der Waals surface area contributed by atoms with Gasteiger partial charge in [0.25, 0.3) is 0 Å². The van der Waals surface area contributed by atoms with Gasteiger partial charge in [-0.2, -0.15) is 0 Å². The lowest BCUT2D eigenvalue weighted by Crippen LogP contribution is -2.27. The van der Waals surface area contributed by atoms with Gasteiger partial charge in [0, 0.05) is 19.6 Å². The third kappa shape index (κ3) is 4.10. The summed E-state index contributed by atoms with van der Waals surface area (Å²) in [4.78, 5) is 7.10. The smallest absolute Gasteiger partial charge is 0.0547 e. The molecule has 1 aliphatic carbocycles. The van der Waals surface area contributed by atoms with Crippen molar-refractivity contribution in [2.24, 2.45) is 11.7 Å². The number of pyridine rings is 1. The second-order valence-corrected chi connectivity index (χ2v) is 5.00. The minimum Gasteiger partial charge on any atom is -0.325 e. The number of hydrogen-bond donors (Lipinski definition) is 1. The van der Waals surface area contributed by atoms with Crippen molar-refractivity contribution in [1.29, 1.82) is 0 Å². The highest BCUT2D eigenvalue weighted by molar-refractivity contribution is 5.11. The minimum atomic E-state index is 0.532. The number of nitrogens with zero attached hydrogens (tertiary/aromatic N) is 2. The molecule has 0 saturated heterocycles. The van der Waals surface area contributed by atoms with Crippen molar-refractivity contribution in [3.8, 4) is 0 Å². The molecule has 94 valence electrons. The fourth-order valence-electron chi connectivity index (χ4n) is 2.18. The van der Waals surface area contributed by atoms with Crippen LogP contribution in [0.25, 0.3) is 0 Å². The second-order valence-electron chi connectivity index (χ2n) is 5.00. The van der Waals surface area contributed by atoms with E-state index < -0.39 is 0 Å². The Balaban J connectivity index is 1.94. The summed E-state index contributed by atoms with van der Waals surface area (Å²) in [5.74, 6) is 0.944. The van der Waals surface area contributed by atoms with E-state index in [4.69, 9.17) is 5.73 Å². The average molecular weight is 233 g/mol. The van der Waals surface area contributed by atoms with Crippen LogP contribution in [0.5, 0.6) is 0 Å². The van der Waals surface area contributed by atoms with E-state index in [1.807, 2.05) is 6.07 Å². The van der Waals surface area contributed by atoms with E-state index in [0.717, 1.165) is 23.9 Å². The molecular weight excluding hydrogens is 210 g/mol. The van der Waals surface area contributed by atoms with Gasteiger partial charge in [-0.15, -0.1) is 0 Å². The van der Waals surface area contributed by atoms with Crippen molar-refractivity contribution in [3.63, 3.8) is 0 Å². The second kappa shape index (κ2) is 6.12. The highest BCUT2D eigenvalue weighted by atomic mass is 15.1. The van der Waals surface area contributed by atoms with Gasteiger partial charge in [0.15, 0.2) is 0 Å². The lowest BCUT2D eigenvalue weighted by Gasteiger charge is -2.21. The maximum Gasteiger partial charge on any atom is 0.0547 e. The molecule has 0 bridgehead atoms. The summed E-state index contributed by atoms with van der Waals surface area (Å²) in [6, 6.07) is 6.16. The van der Waals surface area contributed by atoms with Crippen LogP contribution in [0.1, 0.15) is 37.6 Å². The molecule has 1 heterocycles. The van der Waals surface area contributed by atoms with Gasteiger partial charge in [-0.25, -0.2) is 0 Å². The first kappa shape index (κ1) is 12.5. The SMILES string of the molecule is CCCN(Cc1cccc(CN)n1)CC1CC1. The number of hydrogen-bond acceptors (Lipinski definition) is 3. The van der Waals surface area contributed by atoms with E-state index in [2.05, 4.69) is 28.9 Å². The monoisotopic (exact) mass is 233 g/mol. The quantitative estimate of drug-likeness (QED) is 0.784. The maximum absolute atomic E-state index is 5.62. The molecule has 0 unspecified atom stereocenters. The summed E-state index contributed by atoms with van der Waals surface area (Å²) >= 11 is 0. The molecule has 1 aromatic rings. The van der Waals surface area contributed by atoms with Gasteiger partial charge < -0.3 is 5.73 Å². The van der Waals surface area contributed by atoms with Crippen LogP contribution < -0.4 is 5.73 Å². The Kier molecular flexibility index (Phi) is 4.51. The molecule has 1 aliphatic rings. The topological polar surface area (TPSA) is 42.1 Å². The van der Waals surface area contributed by atoms with E-state index in [-0.39, 0.29) is 0 Å². The molecule has 0 atom stereocenters. The van der Waals surface area contributed by atoms with Crippen molar-refractivity contribution in [1.82, 2.24) is 9.88 Å². The third-order valence-electron chi connectivity index (χ3n) is 3.21. The van der Waals surface area contributed by atoms with Gasteiger partial charge >= 0.3 is 0 Å². The van der Waals surface area contributed by atoms with E-state index in [0.29, 0.717) is 6.54 Å². The summed E-state index contributed by atoms with van der Waals surface area (Å²) < 4.78 is 0. The van der Waals surface area contributed by atoms with Crippen molar-refractivity contribution >= 4 is 0 Å². The molecule has 1 aromatic heterocycles. The van der Waals surface area contributed by atoms with Crippen LogP contribution in [-0.2, 0) is 13.1 Å². The molecule has 0 spiro atoms. The molecule has 3 nitrogen and oxygen atoms in total. The standard InChI is InChI=1S/C14H23N3/c1-2-8-17(10-12-6-7-12)11-14-5-3-4-13(9-15)16-14/h3-5,12H,2,6-11,15H2,1H3. The van der Waals surface area contributed by atoms with Crippen molar-refractivity contribution < 1.29 is 0 Å². The molecule has 1 saturated carbocycles. The van der Waals surface area contributed by atoms with Gasteiger partial charge in [-0.3, -0.25) is 9.88 Å². The van der Waals surface area contributed by atoms with E-state index in [1.165, 1.54) is 32.4 Å². The molecule has 0 aromatic carbocycles. The Bertz CT molecular complexity index is 347. The van der Waals surface area contributed by atoms with Gasteiger partial charge in [-0.05, 0) is 43.9 Å². The van der Waals surface area contributed by atoms with Gasteiger partial charge in [0.1, 0.15) is 0 Å². The number of nitrogens with two attached hydrogens (primary N) is 1. The van der Waals surface area contributed by atoms with Crippen LogP contribution >= 0.6 is 0 Å². The zero-order valence-corrected chi connectivity index (χ0v) is 10.7. The van der Waals surface area contributed by atoms with Crippen LogP contribution in [0.2, 0.25) is 0 Å². The molecule has 3 heteroatoms. The van der Waals surface area contributed by atoms with Crippen LogP contribution in [0.4, 0.5) is 0 Å². The predicted octanol–water partition coefficient (Wildman–Crippen LogP) is 2.16. The third-order valence-corrected chi connectivity index (χ3v) is 3.21. The van der Waals surface area contributed by atoms with E-state index in [9.17, 15) is 0 Å². The fourth-order valence-corrected chi connectivity index (χ4v) is 2.18. The molecular formula is C14H23N3. The van der Waals surface area contributed by atoms with Crippen LogP contribution in [0.15, 0.2) is 18.2 Å². The van der Waals surface area contributed by atoms with Crippen molar-refractivity contribution in [3.05, 3.63) is 29.6 Å². The summed E-state index contributed by atoms with van der Waals surface area (Å²) in [6.45, 7) is 6.15. The minimum absolute atomic E-state index is 0.532. The van der Waals surface area contributed by atoms with Crippen LogP contribution in [-0.4, -0.2) is 23.0 Å². The molecule has 2 N–H and O–H groups in total. The molecule has 0 aliphatic heterocycles. The zero-order chi connectivity index (χ0) is 12.1. The first-order chi connectivity index (χ1) is 8.31. The summed E-state index contributed by atoms with van der Waals surface area (Å²) in [6.07, 6.45) is 4.04. The average Bonchev–Trinajstić information content (AvgIpc) is 3.13. The molecule has 2 rings (SSSR count). The van der Waals surface area contributed by atoms with Gasteiger partial charge in [0.2, 0.25) is 0 Å². The highest BCUT2D eigenvalue weighted by Gasteiger charge is 2.24.